The van der Waals surface area contributed by atoms with Gasteiger partial charge in [0.25, 0.3) is 5.91 Å². The number of hydrogen-bond acceptors (Lipinski definition) is 4. The van der Waals surface area contributed by atoms with Gasteiger partial charge < -0.3 is 20.1 Å². The van der Waals surface area contributed by atoms with Crippen LogP contribution >= 0.6 is 11.6 Å². The van der Waals surface area contributed by atoms with Crippen LogP contribution in [0.1, 0.15) is 69.8 Å². The van der Waals surface area contributed by atoms with Crippen molar-refractivity contribution >= 4 is 29.1 Å². The fraction of sp³-hybridized carbons (Fsp3) is 0.302. The van der Waals surface area contributed by atoms with E-state index in [2.05, 4.69) is 32.6 Å². The molecule has 0 saturated carbocycles. The second kappa shape index (κ2) is 14.5. The van der Waals surface area contributed by atoms with E-state index in [0.717, 1.165) is 59.3 Å². The molecule has 5 aromatic rings. The Hall–Kier alpha value is -4.69. The number of hydrogen-bond donors (Lipinski definition) is 1. The third-order valence-corrected chi connectivity index (χ3v) is 11.4. The minimum absolute atomic E-state index is 0.164. The van der Waals surface area contributed by atoms with Gasteiger partial charge in [0.15, 0.2) is 0 Å². The lowest BCUT2D eigenvalue weighted by Gasteiger charge is -2.40. The highest BCUT2D eigenvalue weighted by Crippen LogP contribution is 2.36. The number of primary amides is 1. The lowest BCUT2D eigenvalue weighted by molar-refractivity contribution is 0.0887. The first-order chi connectivity index (χ1) is 24.9. The average Bonchev–Trinajstić information content (AvgIpc) is 3.44. The number of nitrogens with zero attached hydrogens (tertiary/aromatic N) is 4. The molecule has 0 unspecified atom stereocenters. The largest absolute Gasteiger partial charge is 0.366 e. The summed E-state index contributed by atoms with van der Waals surface area (Å²) in [7, 11) is 0. The first-order valence-corrected chi connectivity index (χ1v) is 18.6. The lowest BCUT2D eigenvalue weighted by Crippen LogP contribution is -2.46. The smallest absolute Gasteiger partial charge is 0.260 e. The van der Waals surface area contributed by atoms with Crippen molar-refractivity contribution in [2.24, 2.45) is 5.73 Å². The van der Waals surface area contributed by atoms with Crippen LogP contribution in [-0.4, -0.2) is 58.4 Å². The van der Waals surface area contributed by atoms with E-state index < -0.39 is 5.91 Å². The Bertz CT molecular complexity index is 2060. The van der Waals surface area contributed by atoms with Gasteiger partial charge in [-0.15, -0.1) is 0 Å². The summed E-state index contributed by atoms with van der Waals surface area (Å²) in [5.74, 6) is -0.686. The van der Waals surface area contributed by atoms with Crippen molar-refractivity contribution in [3.8, 4) is 22.3 Å². The zero-order chi connectivity index (χ0) is 34.9. The molecule has 2 N–H and O–H groups in total. The predicted octanol–water partition coefficient (Wildman–Crippen LogP) is 8.23. The summed E-state index contributed by atoms with van der Waals surface area (Å²) in [6.45, 7) is 6.83. The lowest BCUT2D eigenvalue weighted by atomic mass is 9.91. The van der Waals surface area contributed by atoms with Crippen molar-refractivity contribution in [1.29, 1.82) is 0 Å². The monoisotopic (exact) mass is 697 g/mol. The van der Waals surface area contributed by atoms with Crippen LogP contribution in [0.4, 0.5) is 5.69 Å². The first-order valence-electron chi connectivity index (χ1n) is 18.3. The van der Waals surface area contributed by atoms with E-state index in [9.17, 15) is 9.59 Å². The zero-order valence-corrected chi connectivity index (χ0v) is 29.7. The summed E-state index contributed by atoms with van der Waals surface area (Å²) in [4.78, 5) is 34.4. The van der Waals surface area contributed by atoms with Crippen LogP contribution in [-0.2, 0) is 19.6 Å². The van der Waals surface area contributed by atoms with Crippen LogP contribution in [0.2, 0.25) is 5.02 Å². The Morgan fingerprint density at radius 2 is 1.45 bits per heavy atom. The van der Waals surface area contributed by atoms with Crippen molar-refractivity contribution < 1.29 is 9.59 Å². The quantitative estimate of drug-likeness (QED) is 0.186. The zero-order valence-electron chi connectivity index (χ0n) is 28.9. The third-order valence-electron chi connectivity index (χ3n) is 11.1. The van der Waals surface area contributed by atoms with E-state index in [1.54, 1.807) is 12.1 Å². The molecule has 2 saturated heterocycles. The van der Waals surface area contributed by atoms with Gasteiger partial charge in [0.05, 0.1) is 22.7 Å². The molecule has 3 aliphatic heterocycles. The van der Waals surface area contributed by atoms with E-state index in [1.807, 2.05) is 77.7 Å². The van der Waals surface area contributed by atoms with Crippen LogP contribution in [0.15, 0.2) is 103 Å². The number of amides is 2. The maximum Gasteiger partial charge on any atom is 0.260 e. The molecule has 0 radical (unpaired) electrons. The molecule has 0 aliphatic carbocycles. The topological polar surface area (TPSA) is 74.8 Å². The Balaban J connectivity index is 1.04. The molecule has 2 fully saturated rings. The molecule has 0 bridgehead atoms. The van der Waals surface area contributed by atoms with Crippen LogP contribution in [0, 0.1) is 0 Å². The Morgan fingerprint density at radius 3 is 2.20 bits per heavy atom. The average molecular weight is 698 g/mol. The molecule has 8 heteroatoms. The first kappa shape index (κ1) is 33.5. The van der Waals surface area contributed by atoms with Crippen LogP contribution in [0.25, 0.3) is 22.3 Å². The number of anilines is 1. The summed E-state index contributed by atoms with van der Waals surface area (Å²) in [5, 5.41) is 0.323. The predicted molar refractivity (Wildman–Crippen MR) is 205 cm³/mol. The van der Waals surface area contributed by atoms with E-state index in [4.69, 9.17) is 17.3 Å². The molecular weight excluding hydrogens is 654 g/mol. The molecule has 4 heterocycles. The minimum Gasteiger partial charge on any atom is -0.366 e. The number of para-hydroxylation sites is 1. The van der Waals surface area contributed by atoms with Crippen molar-refractivity contribution in [1.82, 2.24) is 14.4 Å². The van der Waals surface area contributed by atoms with Gasteiger partial charge in [-0.05, 0) is 96.9 Å². The molecule has 4 aromatic carbocycles. The second-order valence-electron chi connectivity index (χ2n) is 14.2. The van der Waals surface area contributed by atoms with E-state index in [-0.39, 0.29) is 5.91 Å². The van der Waals surface area contributed by atoms with Crippen molar-refractivity contribution in [2.45, 2.75) is 57.8 Å². The number of halogens is 1. The van der Waals surface area contributed by atoms with Gasteiger partial charge in [0.2, 0.25) is 5.91 Å². The highest BCUT2D eigenvalue weighted by molar-refractivity contribution is 6.35. The Kier molecular flexibility index (Phi) is 9.52. The summed E-state index contributed by atoms with van der Waals surface area (Å²) in [5.41, 5.74) is 14.2. The molecule has 0 spiro atoms. The number of benzene rings is 4. The van der Waals surface area contributed by atoms with E-state index in [0.29, 0.717) is 34.8 Å². The molecule has 2 amide bonds. The van der Waals surface area contributed by atoms with Gasteiger partial charge in [-0.25, -0.2) is 0 Å². The maximum atomic E-state index is 14.4. The van der Waals surface area contributed by atoms with Gasteiger partial charge in [-0.1, -0.05) is 90.8 Å². The molecule has 3 aliphatic rings. The van der Waals surface area contributed by atoms with E-state index in [1.165, 1.54) is 50.9 Å². The number of aromatic nitrogens is 1. The third kappa shape index (κ3) is 6.74. The van der Waals surface area contributed by atoms with Crippen molar-refractivity contribution in [2.75, 3.05) is 31.1 Å². The van der Waals surface area contributed by atoms with Gasteiger partial charge >= 0.3 is 0 Å². The second-order valence-corrected chi connectivity index (χ2v) is 14.6. The van der Waals surface area contributed by atoms with Gasteiger partial charge in [0.1, 0.15) is 0 Å². The number of nitrogens with two attached hydrogens (primary N) is 1. The molecule has 1 aromatic heterocycles. The van der Waals surface area contributed by atoms with Gasteiger partial charge in [-0.2, -0.15) is 0 Å². The number of likely N-dealkylation sites (tertiary alicyclic amines) is 2. The fourth-order valence-corrected chi connectivity index (χ4v) is 8.68. The van der Waals surface area contributed by atoms with Crippen molar-refractivity contribution in [3.05, 3.63) is 136 Å². The molecule has 7 nitrogen and oxygen atoms in total. The standard InChI is InChI=1S/C43H44ClN5O2/c44-39-26-31(37-14-9-13-36(41(37)42(45)50)30-10-3-1-4-11-30)16-19-38(39)43(51)49-29-35-18-17-34(48(35)27-32-12-5-6-15-40(32)49)28-46-24-20-33(21-25-46)47-22-7-2-8-23-47/h1,3-6,9-19,26,33H,2,7-8,20-25,27-29H2,(H2,45,50). The van der Waals surface area contributed by atoms with Crippen molar-refractivity contribution in [3.63, 3.8) is 0 Å². The van der Waals surface area contributed by atoms with Crippen LogP contribution in [0.5, 0.6) is 0 Å². The summed E-state index contributed by atoms with van der Waals surface area (Å²) < 4.78 is 2.40. The SMILES string of the molecule is NC(=O)c1c(-c2ccccc2)cccc1-c1ccc(C(=O)N2Cc3ccc(CN4CCC(N5CCCCC5)CC4)n3Cc3ccccc32)c(Cl)c1. The fourth-order valence-electron chi connectivity index (χ4n) is 8.42. The summed E-state index contributed by atoms with van der Waals surface area (Å²) in [6.07, 6.45) is 6.54. The number of carbonyl (C=O) groups excluding carboxylic acids is 2. The molecule has 260 valence electrons. The number of fused-ring (bicyclic) bond motifs is 2. The minimum atomic E-state index is -0.522. The maximum absolute atomic E-state index is 14.4. The van der Waals surface area contributed by atoms with Gasteiger partial charge in [-0.3, -0.25) is 14.5 Å². The van der Waals surface area contributed by atoms with Crippen LogP contribution in [0.3, 0.4) is 0 Å². The molecule has 0 atom stereocenters. The molecular formula is C43H44ClN5O2. The molecule has 8 rings (SSSR count). The number of piperidine rings is 2. The Morgan fingerprint density at radius 1 is 0.725 bits per heavy atom. The highest BCUT2D eigenvalue weighted by Gasteiger charge is 2.30. The normalized spacial score (nSPS) is 17.1. The van der Waals surface area contributed by atoms with E-state index >= 15 is 0 Å². The number of carbonyl (C=O) groups is 2. The summed E-state index contributed by atoms with van der Waals surface area (Å²) >= 11 is 6.95. The summed E-state index contributed by atoms with van der Waals surface area (Å²) in [6, 6.07) is 34.1. The Labute approximate surface area is 305 Å². The van der Waals surface area contributed by atoms with Crippen LogP contribution < -0.4 is 10.6 Å². The number of rotatable bonds is 7. The molecule has 51 heavy (non-hydrogen) atoms. The highest BCUT2D eigenvalue weighted by atomic mass is 35.5. The van der Waals surface area contributed by atoms with Gasteiger partial charge in [0, 0.05) is 49.3 Å².